The number of carbonyl (C=O) groups excluding carboxylic acids is 1. The summed E-state index contributed by atoms with van der Waals surface area (Å²) in [4.78, 5) is 8.00. The molecule has 0 amide bonds. The second-order valence-corrected chi connectivity index (χ2v) is 3.00. The monoisotopic (exact) mass is 249 g/mol. The molecule has 17 heavy (non-hydrogen) atoms. The van der Waals surface area contributed by atoms with Gasteiger partial charge >= 0.3 is 6.18 Å². The Morgan fingerprint density at radius 2 is 1.59 bits per heavy atom. The zero-order valence-electron chi connectivity index (χ0n) is 10.3. The molecule has 0 aliphatic carbocycles. The maximum atomic E-state index is 12.2. The Balaban J connectivity index is 0. The first kappa shape index (κ1) is 17.9. The van der Waals surface area contributed by atoms with E-state index >= 15 is 0 Å². The van der Waals surface area contributed by atoms with E-state index in [-0.39, 0.29) is 5.69 Å². The van der Waals surface area contributed by atoms with Crippen molar-refractivity contribution in [3.8, 4) is 0 Å². The number of para-hydroxylation sites is 1. The average Bonchev–Trinajstić information content (AvgIpc) is 2.31. The number of alkyl halides is 3. The van der Waals surface area contributed by atoms with Gasteiger partial charge in [0.2, 0.25) is 0 Å². The third-order valence-electron chi connectivity index (χ3n) is 1.50. The van der Waals surface area contributed by atoms with Crippen LogP contribution < -0.4 is 5.32 Å². The number of rotatable bonds is 1. The molecule has 1 N–H and O–H groups in total. The molecule has 0 saturated carbocycles. The molecule has 0 aromatic heterocycles. The maximum absolute atomic E-state index is 12.2. The van der Waals surface area contributed by atoms with Crippen molar-refractivity contribution in [2.45, 2.75) is 26.4 Å². The third kappa shape index (κ3) is 7.38. The summed E-state index contributed by atoms with van der Waals surface area (Å²) in [5.74, 6) is 0. The van der Waals surface area contributed by atoms with Gasteiger partial charge in [-0.3, -0.25) is 0 Å². The Morgan fingerprint density at radius 3 is 1.88 bits per heavy atom. The summed E-state index contributed by atoms with van der Waals surface area (Å²) in [6.45, 7) is 6.25. The van der Waals surface area contributed by atoms with E-state index in [1.165, 1.54) is 25.6 Å². The number of carbonyl (C=O) groups is 1. The van der Waals surface area contributed by atoms with Crippen LogP contribution in [0.15, 0.2) is 24.3 Å². The lowest BCUT2D eigenvalue weighted by Gasteiger charge is -2.11. The molecule has 0 aliphatic heterocycles. The van der Waals surface area contributed by atoms with Crippen LogP contribution in [-0.4, -0.2) is 13.8 Å². The van der Waals surface area contributed by atoms with Crippen LogP contribution in [0.5, 0.6) is 0 Å². The van der Waals surface area contributed by atoms with Gasteiger partial charge in [-0.15, -0.1) is 0 Å². The second kappa shape index (κ2) is 9.69. The third-order valence-corrected chi connectivity index (χ3v) is 1.50. The van der Waals surface area contributed by atoms with E-state index in [0.29, 0.717) is 0 Å². The summed E-state index contributed by atoms with van der Waals surface area (Å²) >= 11 is 0. The van der Waals surface area contributed by atoms with E-state index in [4.69, 9.17) is 4.79 Å². The number of anilines is 1. The highest BCUT2D eigenvalue weighted by atomic mass is 19.4. The van der Waals surface area contributed by atoms with E-state index in [2.05, 4.69) is 19.2 Å². The minimum absolute atomic E-state index is 0.102. The fourth-order valence-electron chi connectivity index (χ4n) is 0.948. The Kier molecular flexibility index (Phi) is 10.2. The number of hydrogen-bond acceptors (Lipinski definition) is 2. The van der Waals surface area contributed by atoms with Gasteiger partial charge < -0.3 is 10.1 Å². The minimum Gasteiger partial charge on any atom is -0.388 e. The summed E-state index contributed by atoms with van der Waals surface area (Å²) in [6.07, 6.45) is -3.03. The van der Waals surface area contributed by atoms with Crippen LogP contribution in [-0.2, 0) is 11.0 Å². The molecule has 0 heterocycles. The normalized spacial score (nSPS) is 9.29. The number of benzene rings is 1. The molecule has 1 aromatic carbocycles. The largest absolute Gasteiger partial charge is 0.418 e. The van der Waals surface area contributed by atoms with Gasteiger partial charge in [0, 0.05) is 12.7 Å². The van der Waals surface area contributed by atoms with Crippen LogP contribution in [0.2, 0.25) is 0 Å². The fourth-order valence-corrected chi connectivity index (χ4v) is 0.948. The predicted octanol–water partition coefficient (Wildman–Crippen LogP) is 3.98. The van der Waals surface area contributed by atoms with Gasteiger partial charge in [-0.1, -0.05) is 32.4 Å². The molecule has 0 bridgehead atoms. The summed E-state index contributed by atoms with van der Waals surface area (Å²) < 4.78 is 36.6. The summed E-state index contributed by atoms with van der Waals surface area (Å²) in [7, 11) is 1.46. The van der Waals surface area contributed by atoms with Gasteiger partial charge in [0.15, 0.2) is 0 Å². The van der Waals surface area contributed by atoms with Crippen molar-refractivity contribution in [3.63, 3.8) is 0 Å². The zero-order valence-corrected chi connectivity index (χ0v) is 10.3. The van der Waals surface area contributed by atoms with Crippen molar-refractivity contribution < 1.29 is 18.0 Å². The van der Waals surface area contributed by atoms with E-state index in [0.717, 1.165) is 6.07 Å². The van der Waals surface area contributed by atoms with Crippen LogP contribution in [0.25, 0.3) is 0 Å². The van der Waals surface area contributed by atoms with E-state index in [1.807, 2.05) is 6.79 Å². The van der Waals surface area contributed by atoms with Crippen molar-refractivity contribution in [1.82, 2.24) is 0 Å². The van der Waals surface area contributed by atoms with Gasteiger partial charge in [-0.25, -0.2) is 0 Å². The van der Waals surface area contributed by atoms with E-state index < -0.39 is 11.7 Å². The summed E-state index contributed by atoms with van der Waals surface area (Å²) in [5.41, 5.74) is -0.530. The molecule has 0 fully saturated rings. The zero-order chi connectivity index (χ0) is 13.9. The standard InChI is InChI=1S/C8H8F3N.C3H8.CH2O/c1-12-7-5-3-2-4-6(7)8(9,10)11;1-3-2;1-2/h2-5,12H,1H3;3H2,1-2H3;1H2. The molecule has 0 spiro atoms. The highest BCUT2D eigenvalue weighted by Gasteiger charge is 2.32. The second-order valence-electron chi connectivity index (χ2n) is 3.00. The first-order valence-electron chi connectivity index (χ1n) is 5.10. The Labute approximate surface area is 99.8 Å². The van der Waals surface area contributed by atoms with Crippen LogP contribution in [0.3, 0.4) is 0 Å². The van der Waals surface area contributed by atoms with E-state index in [1.54, 1.807) is 6.07 Å². The lowest BCUT2D eigenvalue weighted by molar-refractivity contribution is -0.136. The van der Waals surface area contributed by atoms with Crippen LogP contribution in [0.1, 0.15) is 25.8 Å². The topological polar surface area (TPSA) is 29.1 Å². The van der Waals surface area contributed by atoms with Gasteiger partial charge in [0.25, 0.3) is 0 Å². The van der Waals surface area contributed by atoms with E-state index in [9.17, 15) is 13.2 Å². The Hall–Kier alpha value is -1.52. The summed E-state index contributed by atoms with van der Waals surface area (Å²) in [6, 6.07) is 5.36. The number of halogens is 3. The number of nitrogens with one attached hydrogen (secondary N) is 1. The smallest absolute Gasteiger partial charge is 0.388 e. The molecule has 2 nitrogen and oxygen atoms in total. The fraction of sp³-hybridized carbons (Fsp3) is 0.417. The van der Waals surface area contributed by atoms with Crippen LogP contribution in [0.4, 0.5) is 18.9 Å². The van der Waals surface area contributed by atoms with Gasteiger partial charge in [0.1, 0.15) is 6.79 Å². The molecule has 0 radical (unpaired) electrons. The molecule has 0 saturated heterocycles. The predicted molar refractivity (Wildman–Crippen MR) is 64.1 cm³/mol. The molecule has 1 aromatic rings. The van der Waals surface area contributed by atoms with Gasteiger partial charge in [-0.05, 0) is 12.1 Å². The molecule has 0 aliphatic rings. The van der Waals surface area contributed by atoms with Crippen LogP contribution >= 0.6 is 0 Å². The lowest BCUT2D eigenvalue weighted by atomic mass is 10.2. The van der Waals surface area contributed by atoms with Crippen molar-refractivity contribution in [2.75, 3.05) is 12.4 Å². The van der Waals surface area contributed by atoms with Crippen molar-refractivity contribution in [2.24, 2.45) is 0 Å². The quantitative estimate of drug-likeness (QED) is 0.815. The van der Waals surface area contributed by atoms with Crippen molar-refractivity contribution in [3.05, 3.63) is 29.8 Å². The minimum atomic E-state index is -4.28. The van der Waals surface area contributed by atoms with Crippen molar-refractivity contribution in [1.29, 1.82) is 0 Å². The molecule has 5 heteroatoms. The first-order valence-corrected chi connectivity index (χ1v) is 5.10. The summed E-state index contributed by atoms with van der Waals surface area (Å²) in [5, 5.41) is 2.48. The highest BCUT2D eigenvalue weighted by molar-refractivity contribution is 5.51. The van der Waals surface area contributed by atoms with Gasteiger partial charge in [-0.2, -0.15) is 13.2 Å². The molecule has 0 atom stereocenters. The molecular formula is C12H18F3NO. The Bertz CT molecular complexity index is 300. The average molecular weight is 249 g/mol. The molecule has 98 valence electrons. The molecule has 0 unspecified atom stereocenters. The molecular weight excluding hydrogens is 231 g/mol. The SMILES string of the molecule is C=O.CCC.CNc1ccccc1C(F)(F)F. The van der Waals surface area contributed by atoms with Crippen molar-refractivity contribution >= 4 is 12.5 Å². The highest BCUT2D eigenvalue weighted by Crippen LogP contribution is 2.34. The molecule has 1 rings (SSSR count). The lowest BCUT2D eigenvalue weighted by Crippen LogP contribution is -2.08. The first-order chi connectivity index (χ1) is 7.97. The Morgan fingerprint density at radius 1 is 1.18 bits per heavy atom. The van der Waals surface area contributed by atoms with Gasteiger partial charge in [0.05, 0.1) is 5.56 Å². The maximum Gasteiger partial charge on any atom is 0.418 e. The number of hydrogen-bond donors (Lipinski definition) is 1. The van der Waals surface area contributed by atoms with Crippen LogP contribution in [0, 0.1) is 0 Å².